The molecule has 0 aliphatic heterocycles. The van der Waals surface area contributed by atoms with Crippen molar-refractivity contribution in [3.8, 4) is 0 Å². The quantitative estimate of drug-likeness (QED) is 0.625. The Kier molecular flexibility index (Phi) is 4.44. The average Bonchev–Trinajstić information content (AvgIpc) is 2.28. The summed E-state index contributed by atoms with van der Waals surface area (Å²) in [6, 6.07) is 1.23. The van der Waals surface area contributed by atoms with Gasteiger partial charge in [0, 0.05) is 0 Å². The molecule has 0 amide bonds. The molecule has 0 saturated carbocycles. The molecule has 0 bridgehead atoms. The maximum Gasteiger partial charge on any atom is 0.339 e. The Bertz CT molecular complexity index is 413. The molecule has 3 nitrogen and oxygen atoms in total. The third-order valence-electron chi connectivity index (χ3n) is 1.79. The van der Waals surface area contributed by atoms with Gasteiger partial charge >= 0.3 is 5.97 Å². The first-order chi connectivity index (χ1) is 7.51. The maximum atomic E-state index is 12.5. The molecule has 0 N–H and O–H groups in total. The summed E-state index contributed by atoms with van der Waals surface area (Å²) in [5.74, 6) is -0.901. The molecule has 0 aliphatic rings. The largest absolute Gasteiger partial charge is 0.465 e. The molecule has 0 unspecified atom stereocenters. The first kappa shape index (κ1) is 13.1. The van der Waals surface area contributed by atoms with E-state index >= 15 is 0 Å². The van der Waals surface area contributed by atoms with Crippen molar-refractivity contribution in [2.45, 2.75) is 12.3 Å². The molecule has 1 aromatic rings. The SMILES string of the molecule is COC(=O)c1cc(CCl)nc(C(F)F)c1Cl. The maximum absolute atomic E-state index is 12.5. The molecule has 16 heavy (non-hydrogen) atoms. The Morgan fingerprint density at radius 2 is 2.25 bits per heavy atom. The Morgan fingerprint density at radius 1 is 1.62 bits per heavy atom. The Hall–Kier alpha value is -0.940. The number of methoxy groups -OCH3 is 1. The van der Waals surface area contributed by atoms with Crippen LogP contribution < -0.4 is 0 Å². The van der Waals surface area contributed by atoms with E-state index < -0.39 is 23.1 Å². The normalized spacial score (nSPS) is 10.6. The first-order valence-corrected chi connectivity index (χ1v) is 5.04. The van der Waals surface area contributed by atoms with Crippen LogP contribution >= 0.6 is 23.2 Å². The van der Waals surface area contributed by atoms with Crippen LogP contribution in [0.5, 0.6) is 0 Å². The fourth-order valence-corrected chi connectivity index (χ4v) is 1.47. The Balaban J connectivity index is 3.37. The lowest BCUT2D eigenvalue weighted by Crippen LogP contribution is -2.07. The summed E-state index contributed by atoms with van der Waals surface area (Å²) in [5, 5.41) is -0.407. The molecule has 0 spiro atoms. The van der Waals surface area contributed by atoms with Crippen molar-refractivity contribution in [1.29, 1.82) is 0 Å². The molecule has 1 rings (SSSR count). The van der Waals surface area contributed by atoms with Gasteiger partial charge in [0.2, 0.25) is 0 Å². The van der Waals surface area contributed by atoms with Crippen LogP contribution in [0.15, 0.2) is 6.07 Å². The van der Waals surface area contributed by atoms with Crippen molar-refractivity contribution in [2.24, 2.45) is 0 Å². The van der Waals surface area contributed by atoms with Crippen molar-refractivity contribution in [3.05, 3.63) is 28.0 Å². The number of ether oxygens (including phenoxy) is 1. The fourth-order valence-electron chi connectivity index (χ4n) is 1.08. The second-order valence-electron chi connectivity index (χ2n) is 2.79. The van der Waals surface area contributed by atoms with E-state index in [2.05, 4.69) is 9.72 Å². The highest BCUT2D eigenvalue weighted by Gasteiger charge is 2.22. The monoisotopic (exact) mass is 269 g/mol. The molecule has 88 valence electrons. The van der Waals surface area contributed by atoms with Crippen molar-refractivity contribution in [1.82, 2.24) is 4.98 Å². The van der Waals surface area contributed by atoms with Crippen LogP contribution in [0.25, 0.3) is 0 Å². The van der Waals surface area contributed by atoms with Crippen LogP contribution in [0.2, 0.25) is 5.02 Å². The molecule has 1 heterocycles. The summed E-state index contributed by atoms with van der Waals surface area (Å²) in [6.07, 6.45) is -2.88. The van der Waals surface area contributed by atoms with Gasteiger partial charge in [-0.15, -0.1) is 11.6 Å². The number of hydrogen-bond acceptors (Lipinski definition) is 3. The number of hydrogen-bond donors (Lipinski definition) is 0. The minimum atomic E-state index is -2.88. The highest BCUT2D eigenvalue weighted by molar-refractivity contribution is 6.34. The van der Waals surface area contributed by atoms with E-state index in [-0.39, 0.29) is 17.1 Å². The van der Waals surface area contributed by atoms with Gasteiger partial charge in [-0.25, -0.2) is 18.6 Å². The highest BCUT2D eigenvalue weighted by atomic mass is 35.5. The van der Waals surface area contributed by atoms with Crippen LogP contribution in [-0.4, -0.2) is 18.1 Å². The zero-order valence-electron chi connectivity index (χ0n) is 8.14. The second kappa shape index (κ2) is 5.41. The van der Waals surface area contributed by atoms with E-state index in [0.29, 0.717) is 0 Å². The molecular weight excluding hydrogens is 263 g/mol. The van der Waals surface area contributed by atoms with Gasteiger partial charge in [0.1, 0.15) is 5.69 Å². The number of esters is 1. The minimum absolute atomic E-state index is 0.0963. The fraction of sp³-hybridized carbons (Fsp3) is 0.333. The molecule has 0 fully saturated rings. The first-order valence-electron chi connectivity index (χ1n) is 4.13. The van der Waals surface area contributed by atoms with E-state index in [4.69, 9.17) is 23.2 Å². The van der Waals surface area contributed by atoms with Gasteiger partial charge in [0.15, 0.2) is 0 Å². The van der Waals surface area contributed by atoms with Gasteiger partial charge < -0.3 is 4.74 Å². The predicted octanol–water partition coefficient (Wildman–Crippen LogP) is 3.20. The number of carbonyl (C=O) groups is 1. The molecule has 0 aliphatic carbocycles. The van der Waals surface area contributed by atoms with E-state index in [1.807, 2.05) is 0 Å². The number of alkyl halides is 3. The van der Waals surface area contributed by atoms with Crippen LogP contribution in [0, 0.1) is 0 Å². The van der Waals surface area contributed by atoms with Gasteiger partial charge in [0.05, 0.1) is 29.3 Å². The summed E-state index contributed by atoms with van der Waals surface area (Å²) in [4.78, 5) is 14.8. The lowest BCUT2D eigenvalue weighted by molar-refractivity contribution is 0.0600. The van der Waals surface area contributed by atoms with Crippen molar-refractivity contribution < 1.29 is 18.3 Å². The number of nitrogens with zero attached hydrogens (tertiary/aromatic N) is 1. The Morgan fingerprint density at radius 3 is 2.69 bits per heavy atom. The standard InChI is InChI=1S/C9H7Cl2F2NO2/c1-16-9(15)5-2-4(3-10)14-7(6(5)11)8(12)13/h2,8H,3H2,1H3. The van der Waals surface area contributed by atoms with Crippen LogP contribution in [0.3, 0.4) is 0 Å². The number of carbonyl (C=O) groups excluding carboxylic acids is 1. The summed E-state index contributed by atoms with van der Waals surface area (Å²) >= 11 is 11.1. The lowest BCUT2D eigenvalue weighted by Gasteiger charge is -2.08. The molecule has 1 aromatic heterocycles. The number of halogens is 4. The van der Waals surface area contributed by atoms with Crippen LogP contribution in [0.1, 0.15) is 28.2 Å². The highest BCUT2D eigenvalue weighted by Crippen LogP contribution is 2.29. The van der Waals surface area contributed by atoms with Crippen molar-refractivity contribution in [3.63, 3.8) is 0 Å². The van der Waals surface area contributed by atoms with Gasteiger partial charge in [0.25, 0.3) is 6.43 Å². The van der Waals surface area contributed by atoms with Gasteiger partial charge in [-0.2, -0.15) is 0 Å². The van der Waals surface area contributed by atoms with Crippen LogP contribution in [-0.2, 0) is 10.6 Å². The topological polar surface area (TPSA) is 39.2 Å². The summed E-state index contributed by atoms with van der Waals surface area (Å²) < 4.78 is 29.5. The zero-order valence-corrected chi connectivity index (χ0v) is 9.65. The third-order valence-corrected chi connectivity index (χ3v) is 2.46. The average molecular weight is 270 g/mol. The van der Waals surface area contributed by atoms with Crippen molar-refractivity contribution in [2.75, 3.05) is 7.11 Å². The number of rotatable bonds is 3. The smallest absolute Gasteiger partial charge is 0.339 e. The van der Waals surface area contributed by atoms with E-state index in [9.17, 15) is 13.6 Å². The third kappa shape index (κ3) is 2.59. The Labute approximate surface area is 100 Å². The lowest BCUT2D eigenvalue weighted by atomic mass is 10.2. The van der Waals surface area contributed by atoms with Gasteiger partial charge in [-0.3, -0.25) is 0 Å². The molecule has 0 atom stereocenters. The minimum Gasteiger partial charge on any atom is -0.465 e. The number of pyridine rings is 1. The van der Waals surface area contributed by atoms with E-state index in [0.717, 1.165) is 7.11 Å². The summed E-state index contributed by atoms with van der Waals surface area (Å²) in [5.41, 5.74) is -0.688. The molecule has 0 saturated heterocycles. The zero-order chi connectivity index (χ0) is 12.3. The molecule has 0 radical (unpaired) electrons. The van der Waals surface area contributed by atoms with E-state index in [1.54, 1.807) is 0 Å². The molecule has 7 heteroatoms. The molecular formula is C9H7Cl2F2NO2. The number of aromatic nitrogens is 1. The van der Waals surface area contributed by atoms with Crippen molar-refractivity contribution >= 4 is 29.2 Å². The summed E-state index contributed by atoms with van der Waals surface area (Å²) in [6.45, 7) is 0. The predicted molar refractivity (Wildman–Crippen MR) is 55.1 cm³/mol. The van der Waals surface area contributed by atoms with Gasteiger partial charge in [-0.05, 0) is 6.07 Å². The van der Waals surface area contributed by atoms with E-state index in [1.165, 1.54) is 6.07 Å². The van der Waals surface area contributed by atoms with Crippen LogP contribution in [0.4, 0.5) is 8.78 Å². The van der Waals surface area contributed by atoms with Gasteiger partial charge in [-0.1, -0.05) is 11.6 Å². The summed E-state index contributed by atoms with van der Waals surface area (Å²) in [7, 11) is 1.13. The second-order valence-corrected chi connectivity index (χ2v) is 3.43. The molecule has 0 aromatic carbocycles.